The van der Waals surface area contributed by atoms with Crippen LogP contribution in [0.15, 0.2) is 18.3 Å². The summed E-state index contributed by atoms with van der Waals surface area (Å²) in [7, 11) is 0. The van der Waals surface area contributed by atoms with E-state index >= 15 is 0 Å². The molecule has 76 valence electrons. The fourth-order valence-corrected chi connectivity index (χ4v) is 1.11. The minimum absolute atomic E-state index is 0.0460. The quantitative estimate of drug-likeness (QED) is 0.763. The number of aromatic nitrogens is 1. The molecule has 0 unspecified atom stereocenters. The molecule has 0 spiro atoms. The first-order valence-electron chi connectivity index (χ1n) is 4.47. The zero-order chi connectivity index (χ0) is 10.7. The van der Waals surface area contributed by atoms with E-state index in [0.717, 1.165) is 5.56 Å². The summed E-state index contributed by atoms with van der Waals surface area (Å²) in [6.45, 7) is 4.02. The molecule has 1 rings (SSSR count). The van der Waals surface area contributed by atoms with E-state index in [1.807, 2.05) is 13.8 Å². The van der Waals surface area contributed by atoms with Crippen LogP contribution in [0.25, 0.3) is 0 Å². The number of pyridine rings is 1. The highest BCUT2D eigenvalue weighted by Gasteiger charge is 2.11. The van der Waals surface area contributed by atoms with Gasteiger partial charge in [0.15, 0.2) is 0 Å². The second kappa shape index (κ2) is 4.19. The average molecular weight is 194 g/mol. The number of hydrogen-bond donors (Lipinski definition) is 2. The van der Waals surface area contributed by atoms with Crippen molar-refractivity contribution in [2.75, 3.05) is 0 Å². The van der Waals surface area contributed by atoms with E-state index in [0.29, 0.717) is 5.92 Å². The minimum atomic E-state index is -1.02. The number of nitrogens with two attached hydrogens (primary N) is 1. The lowest BCUT2D eigenvalue weighted by Gasteiger charge is -2.15. The van der Waals surface area contributed by atoms with Crippen LogP contribution < -0.4 is 5.73 Å². The first kappa shape index (κ1) is 10.7. The van der Waals surface area contributed by atoms with Gasteiger partial charge in [0.1, 0.15) is 5.69 Å². The summed E-state index contributed by atoms with van der Waals surface area (Å²) in [5, 5.41) is 8.63. The Hall–Kier alpha value is -1.42. The van der Waals surface area contributed by atoms with Gasteiger partial charge in [0.2, 0.25) is 0 Å². The lowest BCUT2D eigenvalue weighted by Crippen LogP contribution is -2.17. The van der Waals surface area contributed by atoms with Crippen molar-refractivity contribution in [1.82, 2.24) is 4.98 Å². The Morgan fingerprint density at radius 1 is 1.50 bits per heavy atom. The van der Waals surface area contributed by atoms with E-state index in [9.17, 15) is 4.79 Å². The fourth-order valence-electron chi connectivity index (χ4n) is 1.11. The summed E-state index contributed by atoms with van der Waals surface area (Å²) in [6.07, 6.45) is 1.52. The maximum atomic E-state index is 10.5. The van der Waals surface area contributed by atoms with Gasteiger partial charge in [-0.15, -0.1) is 0 Å². The first-order chi connectivity index (χ1) is 6.52. The van der Waals surface area contributed by atoms with Crippen molar-refractivity contribution < 1.29 is 9.90 Å². The van der Waals surface area contributed by atoms with Crippen molar-refractivity contribution in [2.45, 2.75) is 19.9 Å². The maximum absolute atomic E-state index is 10.5. The Morgan fingerprint density at radius 2 is 2.14 bits per heavy atom. The number of hydrogen-bond acceptors (Lipinski definition) is 3. The molecule has 14 heavy (non-hydrogen) atoms. The third-order valence-corrected chi connectivity index (χ3v) is 2.11. The second-order valence-electron chi connectivity index (χ2n) is 3.55. The normalized spacial score (nSPS) is 12.9. The highest BCUT2D eigenvalue weighted by atomic mass is 16.4. The van der Waals surface area contributed by atoms with Crippen LogP contribution in [0, 0.1) is 5.92 Å². The van der Waals surface area contributed by atoms with Crippen molar-refractivity contribution in [2.24, 2.45) is 11.7 Å². The number of aromatic carboxylic acids is 1. The third kappa shape index (κ3) is 2.29. The number of rotatable bonds is 3. The predicted molar refractivity (Wildman–Crippen MR) is 53.0 cm³/mol. The van der Waals surface area contributed by atoms with Crippen LogP contribution in [0.4, 0.5) is 0 Å². The van der Waals surface area contributed by atoms with Crippen LogP contribution in [-0.2, 0) is 0 Å². The fraction of sp³-hybridized carbons (Fsp3) is 0.400. The molecule has 4 heteroatoms. The molecule has 0 aromatic carbocycles. The molecule has 0 fully saturated rings. The number of carboxylic acids is 1. The molecule has 0 aliphatic heterocycles. The van der Waals surface area contributed by atoms with Crippen LogP contribution in [0.3, 0.4) is 0 Å². The van der Waals surface area contributed by atoms with Gasteiger partial charge in [-0.05, 0) is 17.5 Å². The molecule has 0 saturated heterocycles. The van der Waals surface area contributed by atoms with E-state index in [1.165, 1.54) is 12.3 Å². The van der Waals surface area contributed by atoms with Gasteiger partial charge in [-0.2, -0.15) is 0 Å². The molecule has 0 amide bonds. The van der Waals surface area contributed by atoms with Gasteiger partial charge in [-0.1, -0.05) is 19.9 Å². The van der Waals surface area contributed by atoms with Gasteiger partial charge in [0, 0.05) is 12.2 Å². The smallest absolute Gasteiger partial charge is 0.354 e. The Morgan fingerprint density at radius 3 is 2.50 bits per heavy atom. The largest absolute Gasteiger partial charge is 0.477 e. The van der Waals surface area contributed by atoms with Crippen molar-refractivity contribution in [3.05, 3.63) is 29.6 Å². The maximum Gasteiger partial charge on any atom is 0.354 e. The van der Waals surface area contributed by atoms with Crippen LogP contribution >= 0.6 is 0 Å². The molecule has 3 N–H and O–H groups in total. The zero-order valence-electron chi connectivity index (χ0n) is 8.27. The second-order valence-corrected chi connectivity index (χ2v) is 3.55. The van der Waals surface area contributed by atoms with E-state index < -0.39 is 5.97 Å². The summed E-state index contributed by atoms with van der Waals surface area (Å²) in [6, 6.07) is 3.09. The van der Waals surface area contributed by atoms with E-state index in [-0.39, 0.29) is 11.7 Å². The minimum Gasteiger partial charge on any atom is -0.477 e. The highest BCUT2D eigenvalue weighted by molar-refractivity contribution is 5.85. The molecular formula is C10H14N2O2. The molecule has 4 nitrogen and oxygen atoms in total. The summed E-state index contributed by atoms with van der Waals surface area (Å²) in [5.74, 6) is -0.706. The molecule has 1 atom stereocenters. The van der Waals surface area contributed by atoms with Gasteiger partial charge < -0.3 is 10.8 Å². The Balaban J connectivity index is 2.88. The summed E-state index contributed by atoms with van der Waals surface area (Å²) in [5.41, 5.74) is 6.79. The van der Waals surface area contributed by atoms with Crippen LogP contribution in [0.2, 0.25) is 0 Å². The third-order valence-electron chi connectivity index (χ3n) is 2.11. The van der Waals surface area contributed by atoms with Crippen LogP contribution in [0.1, 0.15) is 35.9 Å². The van der Waals surface area contributed by atoms with Crippen LogP contribution in [-0.4, -0.2) is 16.1 Å². The lowest BCUT2D eigenvalue weighted by molar-refractivity contribution is 0.0690. The first-order valence-corrected chi connectivity index (χ1v) is 4.47. The number of carbonyl (C=O) groups is 1. The van der Waals surface area contributed by atoms with Crippen LogP contribution in [0.5, 0.6) is 0 Å². The molecule has 1 heterocycles. The lowest BCUT2D eigenvalue weighted by atomic mass is 9.98. The summed E-state index contributed by atoms with van der Waals surface area (Å²) >= 11 is 0. The van der Waals surface area contributed by atoms with E-state index in [1.54, 1.807) is 6.07 Å². The highest BCUT2D eigenvalue weighted by Crippen LogP contribution is 2.17. The standard InChI is InChI=1S/C10H14N2O2/c1-6(2)9(11)7-3-4-8(10(13)14)12-5-7/h3-6,9H,11H2,1-2H3,(H,13,14)/t9-/m1/s1. The molecule has 1 aromatic heterocycles. The zero-order valence-corrected chi connectivity index (χ0v) is 8.27. The molecule has 0 saturated carbocycles. The average Bonchev–Trinajstić information content (AvgIpc) is 2.16. The number of carboxylic acid groups (broad SMARTS) is 1. The topological polar surface area (TPSA) is 76.2 Å². The van der Waals surface area contributed by atoms with E-state index in [2.05, 4.69) is 4.98 Å². The van der Waals surface area contributed by atoms with Gasteiger partial charge in [-0.25, -0.2) is 9.78 Å². The van der Waals surface area contributed by atoms with Gasteiger partial charge >= 0.3 is 5.97 Å². The molecule has 0 radical (unpaired) electrons. The molecule has 1 aromatic rings. The van der Waals surface area contributed by atoms with E-state index in [4.69, 9.17) is 10.8 Å². The SMILES string of the molecule is CC(C)[C@@H](N)c1ccc(C(=O)O)nc1. The van der Waals surface area contributed by atoms with Crippen molar-refractivity contribution >= 4 is 5.97 Å². The van der Waals surface area contributed by atoms with Gasteiger partial charge in [0.25, 0.3) is 0 Å². The molecule has 0 bridgehead atoms. The van der Waals surface area contributed by atoms with Crippen molar-refractivity contribution in [3.63, 3.8) is 0 Å². The summed E-state index contributed by atoms with van der Waals surface area (Å²) < 4.78 is 0. The molecular weight excluding hydrogens is 180 g/mol. The predicted octanol–water partition coefficient (Wildman–Crippen LogP) is 1.44. The molecule has 0 aliphatic rings. The Labute approximate surface area is 82.8 Å². The van der Waals surface area contributed by atoms with Crippen molar-refractivity contribution in [3.8, 4) is 0 Å². The van der Waals surface area contributed by atoms with Gasteiger partial charge in [0.05, 0.1) is 0 Å². The van der Waals surface area contributed by atoms with Crippen molar-refractivity contribution in [1.29, 1.82) is 0 Å². The number of nitrogens with zero attached hydrogens (tertiary/aromatic N) is 1. The molecule has 0 aliphatic carbocycles. The Kier molecular flexibility index (Phi) is 3.19. The Bertz CT molecular complexity index is 319. The van der Waals surface area contributed by atoms with Gasteiger partial charge in [-0.3, -0.25) is 0 Å². The monoisotopic (exact) mass is 194 g/mol. The summed E-state index contributed by atoms with van der Waals surface area (Å²) in [4.78, 5) is 14.3.